The van der Waals surface area contributed by atoms with Crippen LogP contribution >= 0.6 is 23.2 Å². The Kier molecular flexibility index (Phi) is 5.25. The molecule has 2 amide bonds. The number of hydrogen-bond donors (Lipinski definition) is 2. The Hall–Kier alpha value is -1.46. The summed E-state index contributed by atoms with van der Waals surface area (Å²) >= 11 is 11.7. The fraction of sp³-hybridized carbons (Fsp3) is 0.273. The maximum Gasteiger partial charge on any atom is 0.328 e. The van der Waals surface area contributed by atoms with Gasteiger partial charge >= 0.3 is 12.0 Å². The maximum absolute atomic E-state index is 11.6. The molecule has 2 N–H and O–H groups in total. The summed E-state index contributed by atoms with van der Waals surface area (Å²) in [5.74, 6) is -0.539. The number of rotatable bonds is 3. The number of esters is 1. The van der Waals surface area contributed by atoms with E-state index >= 15 is 0 Å². The number of benzene rings is 1. The topological polar surface area (TPSA) is 67.4 Å². The number of carbonyl (C=O) groups excluding carboxylic acids is 2. The minimum atomic E-state index is -0.757. The van der Waals surface area contributed by atoms with Gasteiger partial charge in [0.25, 0.3) is 0 Å². The van der Waals surface area contributed by atoms with Gasteiger partial charge in [-0.2, -0.15) is 0 Å². The lowest BCUT2D eigenvalue weighted by Crippen LogP contribution is -2.41. The fourth-order valence-corrected chi connectivity index (χ4v) is 1.54. The van der Waals surface area contributed by atoms with E-state index in [-0.39, 0.29) is 5.02 Å². The summed E-state index contributed by atoms with van der Waals surface area (Å²) in [5, 5.41) is 5.45. The van der Waals surface area contributed by atoms with E-state index < -0.39 is 18.0 Å². The molecule has 0 aliphatic rings. The predicted octanol–water partition coefficient (Wildman–Crippen LogP) is 2.68. The van der Waals surface area contributed by atoms with E-state index in [1.54, 1.807) is 18.2 Å². The minimum absolute atomic E-state index is 0.236. The van der Waals surface area contributed by atoms with Crippen molar-refractivity contribution in [3.63, 3.8) is 0 Å². The summed E-state index contributed by atoms with van der Waals surface area (Å²) in [4.78, 5) is 22.7. The molecule has 1 aromatic rings. The molecule has 18 heavy (non-hydrogen) atoms. The van der Waals surface area contributed by atoms with Crippen LogP contribution in [0.25, 0.3) is 0 Å². The molecule has 0 saturated carbocycles. The number of ether oxygens (including phenoxy) is 1. The van der Waals surface area contributed by atoms with Crippen LogP contribution in [-0.2, 0) is 9.53 Å². The largest absolute Gasteiger partial charge is 0.467 e. The first-order valence-corrected chi connectivity index (χ1v) is 5.80. The van der Waals surface area contributed by atoms with Crippen LogP contribution in [0.1, 0.15) is 6.92 Å². The fourth-order valence-electron chi connectivity index (χ4n) is 1.19. The molecule has 1 rings (SSSR count). The summed E-state index contributed by atoms with van der Waals surface area (Å²) in [6.07, 6.45) is 0. The average Bonchev–Trinajstić information content (AvgIpc) is 2.33. The third kappa shape index (κ3) is 3.78. The molecule has 1 atom stereocenters. The first-order valence-electron chi connectivity index (χ1n) is 5.05. The van der Waals surface area contributed by atoms with Crippen LogP contribution in [0.3, 0.4) is 0 Å². The highest BCUT2D eigenvalue weighted by Crippen LogP contribution is 2.29. The lowest BCUT2D eigenvalue weighted by Gasteiger charge is -2.13. The van der Waals surface area contributed by atoms with Crippen molar-refractivity contribution in [2.45, 2.75) is 13.0 Å². The molecule has 0 heterocycles. The number of anilines is 1. The molecule has 1 aromatic carbocycles. The normalized spacial score (nSPS) is 11.6. The number of carbonyl (C=O) groups is 2. The van der Waals surface area contributed by atoms with E-state index in [4.69, 9.17) is 23.2 Å². The first-order chi connectivity index (χ1) is 8.45. The number of halogens is 2. The molecule has 0 aliphatic carbocycles. The van der Waals surface area contributed by atoms with E-state index in [2.05, 4.69) is 15.4 Å². The van der Waals surface area contributed by atoms with Crippen molar-refractivity contribution < 1.29 is 14.3 Å². The van der Waals surface area contributed by atoms with Crippen LogP contribution < -0.4 is 10.6 Å². The molecule has 0 bridgehead atoms. The van der Waals surface area contributed by atoms with Gasteiger partial charge in [-0.3, -0.25) is 0 Å². The monoisotopic (exact) mass is 290 g/mol. The van der Waals surface area contributed by atoms with Gasteiger partial charge in [0.2, 0.25) is 0 Å². The first kappa shape index (κ1) is 14.6. The van der Waals surface area contributed by atoms with E-state index in [0.29, 0.717) is 10.7 Å². The van der Waals surface area contributed by atoms with Gasteiger partial charge in [0.15, 0.2) is 0 Å². The zero-order valence-corrected chi connectivity index (χ0v) is 11.3. The third-order valence-electron chi connectivity index (χ3n) is 2.10. The second kappa shape index (κ2) is 6.47. The SMILES string of the molecule is COC(=O)C(C)NC(=O)Nc1cccc(Cl)c1Cl. The molecule has 0 spiro atoms. The molecule has 98 valence electrons. The predicted molar refractivity (Wildman–Crippen MR) is 70.1 cm³/mol. The molecule has 1 unspecified atom stereocenters. The standard InChI is InChI=1S/C11H12Cl2N2O3/c1-6(10(16)18-2)14-11(17)15-8-5-3-4-7(12)9(8)13/h3-6H,1-2H3,(H2,14,15,17). The average molecular weight is 291 g/mol. The van der Waals surface area contributed by atoms with Crippen molar-refractivity contribution in [1.82, 2.24) is 5.32 Å². The Labute approximate surface area is 114 Å². The van der Waals surface area contributed by atoms with E-state index in [9.17, 15) is 9.59 Å². The Morgan fingerprint density at radius 1 is 1.33 bits per heavy atom. The Balaban J connectivity index is 2.65. The van der Waals surface area contributed by atoms with Crippen molar-refractivity contribution >= 4 is 40.9 Å². The molecule has 5 nitrogen and oxygen atoms in total. The number of methoxy groups -OCH3 is 1. The van der Waals surface area contributed by atoms with Gasteiger partial charge in [-0.1, -0.05) is 29.3 Å². The zero-order chi connectivity index (χ0) is 13.7. The Morgan fingerprint density at radius 2 is 2.00 bits per heavy atom. The van der Waals surface area contributed by atoms with Gasteiger partial charge < -0.3 is 15.4 Å². The van der Waals surface area contributed by atoms with Gasteiger partial charge in [-0.05, 0) is 19.1 Å². The number of hydrogen-bond acceptors (Lipinski definition) is 3. The molecule has 0 radical (unpaired) electrons. The van der Waals surface area contributed by atoms with Crippen molar-refractivity contribution in [2.75, 3.05) is 12.4 Å². The van der Waals surface area contributed by atoms with Crippen LogP contribution in [0.5, 0.6) is 0 Å². The molecular formula is C11H12Cl2N2O3. The third-order valence-corrected chi connectivity index (χ3v) is 2.92. The van der Waals surface area contributed by atoms with Crippen molar-refractivity contribution in [3.8, 4) is 0 Å². The van der Waals surface area contributed by atoms with Crippen LogP contribution in [0.4, 0.5) is 10.5 Å². The van der Waals surface area contributed by atoms with Gasteiger partial charge in [-0.25, -0.2) is 9.59 Å². The molecule has 0 fully saturated rings. The highest BCUT2D eigenvalue weighted by Gasteiger charge is 2.16. The maximum atomic E-state index is 11.6. The van der Waals surface area contributed by atoms with Crippen LogP contribution in [-0.4, -0.2) is 25.2 Å². The van der Waals surface area contributed by atoms with Gasteiger partial charge in [0, 0.05) is 0 Å². The van der Waals surface area contributed by atoms with Crippen molar-refractivity contribution in [1.29, 1.82) is 0 Å². The van der Waals surface area contributed by atoms with Crippen LogP contribution in [0, 0.1) is 0 Å². The van der Waals surface area contributed by atoms with Gasteiger partial charge in [-0.15, -0.1) is 0 Å². The Morgan fingerprint density at radius 3 is 2.61 bits per heavy atom. The number of nitrogens with one attached hydrogen (secondary N) is 2. The summed E-state index contributed by atoms with van der Waals surface area (Å²) in [6.45, 7) is 1.50. The van der Waals surface area contributed by atoms with E-state index in [0.717, 1.165) is 0 Å². The summed E-state index contributed by atoms with van der Waals surface area (Å²) < 4.78 is 4.48. The van der Waals surface area contributed by atoms with Gasteiger partial charge in [0.05, 0.1) is 22.8 Å². The van der Waals surface area contributed by atoms with Gasteiger partial charge in [0.1, 0.15) is 6.04 Å². The van der Waals surface area contributed by atoms with Crippen molar-refractivity contribution in [2.24, 2.45) is 0 Å². The minimum Gasteiger partial charge on any atom is -0.467 e. The molecule has 0 aromatic heterocycles. The molecule has 0 aliphatic heterocycles. The van der Waals surface area contributed by atoms with E-state index in [1.165, 1.54) is 14.0 Å². The summed E-state index contributed by atoms with van der Waals surface area (Å²) in [5.41, 5.74) is 0.360. The Bertz CT molecular complexity index is 466. The quantitative estimate of drug-likeness (QED) is 0.841. The summed E-state index contributed by atoms with van der Waals surface area (Å²) in [6, 6.07) is 3.51. The molecule has 7 heteroatoms. The molecule has 0 saturated heterocycles. The van der Waals surface area contributed by atoms with Crippen LogP contribution in [0.15, 0.2) is 18.2 Å². The van der Waals surface area contributed by atoms with Crippen LogP contribution in [0.2, 0.25) is 10.0 Å². The van der Waals surface area contributed by atoms with E-state index in [1.807, 2.05) is 0 Å². The lowest BCUT2D eigenvalue weighted by atomic mass is 10.3. The zero-order valence-electron chi connectivity index (χ0n) is 9.79. The second-order valence-electron chi connectivity index (χ2n) is 3.44. The number of amides is 2. The van der Waals surface area contributed by atoms with Crippen molar-refractivity contribution in [3.05, 3.63) is 28.2 Å². The second-order valence-corrected chi connectivity index (χ2v) is 4.23. The lowest BCUT2D eigenvalue weighted by molar-refractivity contribution is -0.142. The number of urea groups is 1. The molecular weight excluding hydrogens is 279 g/mol. The smallest absolute Gasteiger partial charge is 0.328 e. The highest BCUT2D eigenvalue weighted by atomic mass is 35.5. The summed E-state index contributed by atoms with van der Waals surface area (Å²) in [7, 11) is 1.24. The highest BCUT2D eigenvalue weighted by molar-refractivity contribution is 6.43.